The third-order valence-electron chi connectivity index (χ3n) is 12.8. The van der Waals surface area contributed by atoms with E-state index in [2.05, 4.69) is 13.8 Å². The fourth-order valence-electron chi connectivity index (χ4n) is 10.8. The standard InChI is InChI=1S/C32H48O9/c1-17-29(36)24(38-4)14-27(40-17)41-21-7-9-30(2)20(13-21)5-6-23-22(30)8-10-31(3)28(19-12-26(35)39-16-19)18(11-25(33)34)15-32(23,31)37/h12,17-18,20-24,27-29,36-37H,5-11,13-16H2,1-4H3,(H,33,34)/t17-,18-,20+,21+,22-,23+,24+,27-,28+,29+,30+,31-,32+/m1/s1. The second-order valence-corrected chi connectivity index (χ2v) is 14.5. The van der Waals surface area contributed by atoms with Gasteiger partial charge in [-0.2, -0.15) is 0 Å². The molecule has 2 aliphatic heterocycles. The van der Waals surface area contributed by atoms with Gasteiger partial charge in [-0.25, -0.2) is 4.79 Å². The number of aliphatic hydroxyl groups excluding tert-OH is 1. The van der Waals surface area contributed by atoms with Crippen LogP contribution in [-0.2, 0) is 28.5 Å². The predicted molar refractivity (Wildman–Crippen MR) is 147 cm³/mol. The van der Waals surface area contributed by atoms with Gasteiger partial charge in [0.15, 0.2) is 6.29 Å². The number of carboxylic acids is 1. The van der Waals surface area contributed by atoms with Crippen LogP contribution in [0.15, 0.2) is 11.6 Å². The molecule has 0 aromatic carbocycles. The zero-order chi connectivity index (χ0) is 29.3. The number of esters is 1. The van der Waals surface area contributed by atoms with Gasteiger partial charge < -0.3 is 34.3 Å². The Labute approximate surface area is 242 Å². The molecule has 0 aromatic rings. The predicted octanol–water partition coefficient (Wildman–Crippen LogP) is 3.84. The van der Waals surface area contributed by atoms with Gasteiger partial charge in [-0.05, 0) is 98.9 Å². The van der Waals surface area contributed by atoms with Gasteiger partial charge >= 0.3 is 11.9 Å². The Bertz CT molecular complexity index is 1080. The zero-order valence-electron chi connectivity index (χ0n) is 24.9. The first kappa shape index (κ1) is 29.5. The smallest absolute Gasteiger partial charge is 0.331 e. The minimum atomic E-state index is -0.976. The number of carboxylic acid groups (broad SMARTS) is 1. The number of rotatable bonds is 6. The first-order valence-electron chi connectivity index (χ1n) is 15.7. The summed E-state index contributed by atoms with van der Waals surface area (Å²) in [5, 5.41) is 32.8. The van der Waals surface area contributed by atoms with Gasteiger partial charge in [-0.3, -0.25) is 4.79 Å². The third-order valence-corrected chi connectivity index (χ3v) is 12.8. The number of carbonyl (C=O) groups excluding carboxylic acids is 1. The van der Waals surface area contributed by atoms with Crippen molar-refractivity contribution in [1.82, 2.24) is 0 Å². The first-order chi connectivity index (χ1) is 19.4. The average molecular weight is 577 g/mol. The fraction of sp³-hybridized carbons (Fsp3) is 0.875. The SMILES string of the molecule is CO[C@H]1C[C@@H](O[C@H]2CC[C@@]3(C)[C@@H](CC[C@H]4[C@H]3CC[C@]3(C)[C@H](C5=CC(=O)OC5)[C@H](CC(=O)O)C[C@]43O)C2)O[C@H](C)[C@@H]1O. The molecule has 2 heterocycles. The largest absolute Gasteiger partial charge is 0.481 e. The van der Waals surface area contributed by atoms with Crippen molar-refractivity contribution in [2.45, 2.75) is 121 Å². The van der Waals surface area contributed by atoms with Crippen LogP contribution < -0.4 is 0 Å². The van der Waals surface area contributed by atoms with E-state index in [1.165, 1.54) is 0 Å². The van der Waals surface area contributed by atoms with Crippen LogP contribution in [0.25, 0.3) is 0 Å². The van der Waals surface area contributed by atoms with Crippen LogP contribution in [-0.4, -0.2) is 77.3 Å². The molecule has 41 heavy (non-hydrogen) atoms. The number of aliphatic hydroxyl groups is 2. The number of ether oxygens (including phenoxy) is 4. The van der Waals surface area contributed by atoms with Crippen molar-refractivity contribution in [3.05, 3.63) is 11.6 Å². The number of hydrogen-bond donors (Lipinski definition) is 3. The van der Waals surface area contributed by atoms with Crippen LogP contribution in [0.1, 0.15) is 85.0 Å². The van der Waals surface area contributed by atoms with E-state index in [1.54, 1.807) is 13.2 Å². The van der Waals surface area contributed by atoms with Crippen LogP contribution in [0.2, 0.25) is 0 Å². The van der Waals surface area contributed by atoms with Crippen molar-refractivity contribution in [2.75, 3.05) is 13.7 Å². The number of fused-ring (bicyclic) bond motifs is 5. The van der Waals surface area contributed by atoms with Crippen molar-refractivity contribution >= 4 is 11.9 Å². The molecule has 0 aromatic heterocycles. The molecule has 3 N–H and O–H groups in total. The highest BCUT2D eigenvalue weighted by molar-refractivity contribution is 5.85. The highest BCUT2D eigenvalue weighted by Gasteiger charge is 2.70. The molecule has 6 aliphatic rings. The number of aliphatic carboxylic acids is 1. The van der Waals surface area contributed by atoms with Crippen molar-refractivity contribution in [1.29, 1.82) is 0 Å². The minimum Gasteiger partial charge on any atom is -0.481 e. The maximum Gasteiger partial charge on any atom is 0.331 e. The molecule has 6 rings (SSSR count). The van der Waals surface area contributed by atoms with Crippen molar-refractivity contribution in [2.24, 2.45) is 40.4 Å². The molecule has 9 heteroatoms. The minimum absolute atomic E-state index is 0.00674. The number of methoxy groups -OCH3 is 1. The normalized spacial score (nSPS) is 51.3. The summed E-state index contributed by atoms with van der Waals surface area (Å²) in [6.45, 7) is 6.62. The number of hydrogen-bond acceptors (Lipinski definition) is 8. The Hall–Kier alpha value is -1.52. The summed E-state index contributed by atoms with van der Waals surface area (Å²) in [6.07, 6.45) is 7.57. The lowest BCUT2D eigenvalue weighted by Gasteiger charge is -2.63. The Morgan fingerprint density at radius 1 is 1.12 bits per heavy atom. The van der Waals surface area contributed by atoms with Crippen molar-refractivity contribution < 1.29 is 43.9 Å². The van der Waals surface area contributed by atoms with Gasteiger partial charge in [0.05, 0.1) is 23.9 Å². The van der Waals surface area contributed by atoms with Crippen LogP contribution in [0.3, 0.4) is 0 Å². The summed E-state index contributed by atoms with van der Waals surface area (Å²) < 4.78 is 23.2. The highest BCUT2D eigenvalue weighted by Crippen LogP contribution is 2.71. The third kappa shape index (κ3) is 4.69. The molecular weight excluding hydrogens is 528 g/mol. The van der Waals surface area contributed by atoms with Crippen molar-refractivity contribution in [3.8, 4) is 0 Å². The fourth-order valence-corrected chi connectivity index (χ4v) is 10.8. The van der Waals surface area contributed by atoms with Crippen LogP contribution in [0.5, 0.6) is 0 Å². The lowest BCUT2D eigenvalue weighted by Crippen LogP contribution is -2.62. The quantitative estimate of drug-likeness (QED) is 0.319. The summed E-state index contributed by atoms with van der Waals surface area (Å²) in [5.41, 5.74) is -0.526. The molecule has 0 amide bonds. The van der Waals surface area contributed by atoms with E-state index < -0.39 is 23.1 Å². The van der Waals surface area contributed by atoms with Crippen LogP contribution >= 0.6 is 0 Å². The maximum absolute atomic E-state index is 12.7. The molecule has 4 aliphatic carbocycles. The Balaban J connectivity index is 1.19. The van der Waals surface area contributed by atoms with Gasteiger partial charge in [-0.1, -0.05) is 13.8 Å². The molecular formula is C32H48O9. The van der Waals surface area contributed by atoms with Gasteiger partial charge in [0.2, 0.25) is 0 Å². The zero-order valence-corrected chi connectivity index (χ0v) is 24.9. The molecule has 0 bridgehead atoms. The van der Waals surface area contributed by atoms with E-state index >= 15 is 0 Å². The van der Waals surface area contributed by atoms with E-state index in [1.807, 2.05) is 6.92 Å². The second kappa shape index (κ2) is 10.6. The van der Waals surface area contributed by atoms with E-state index in [4.69, 9.17) is 18.9 Å². The van der Waals surface area contributed by atoms with E-state index in [-0.39, 0.29) is 66.8 Å². The summed E-state index contributed by atoms with van der Waals surface area (Å²) in [6, 6.07) is 0. The van der Waals surface area contributed by atoms with Crippen molar-refractivity contribution in [3.63, 3.8) is 0 Å². The van der Waals surface area contributed by atoms with Gasteiger partial charge in [0, 0.05) is 31.4 Å². The second-order valence-electron chi connectivity index (χ2n) is 14.5. The molecule has 0 radical (unpaired) electrons. The van der Waals surface area contributed by atoms with Gasteiger partial charge in [0.1, 0.15) is 12.7 Å². The Morgan fingerprint density at radius 2 is 1.90 bits per heavy atom. The molecule has 5 fully saturated rings. The lowest BCUT2D eigenvalue weighted by atomic mass is 9.43. The maximum atomic E-state index is 12.7. The first-order valence-corrected chi connectivity index (χ1v) is 15.7. The molecule has 9 nitrogen and oxygen atoms in total. The molecule has 13 atom stereocenters. The lowest BCUT2D eigenvalue weighted by molar-refractivity contribution is -0.273. The van der Waals surface area contributed by atoms with Crippen LogP contribution in [0.4, 0.5) is 0 Å². The van der Waals surface area contributed by atoms with Gasteiger partial charge in [0.25, 0.3) is 0 Å². The van der Waals surface area contributed by atoms with E-state index in [0.717, 1.165) is 50.5 Å². The molecule has 1 saturated heterocycles. The molecule has 4 saturated carbocycles. The number of carbonyl (C=O) groups is 2. The summed E-state index contributed by atoms with van der Waals surface area (Å²) in [4.78, 5) is 23.9. The molecule has 0 unspecified atom stereocenters. The number of cyclic esters (lactones) is 1. The molecule has 0 spiro atoms. The Morgan fingerprint density at radius 3 is 2.59 bits per heavy atom. The topological polar surface area (TPSA) is 132 Å². The highest BCUT2D eigenvalue weighted by atomic mass is 16.7. The van der Waals surface area contributed by atoms with Gasteiger partial charge in [-0.15, -0.1) is 0 Å². The van der Waals surface area contributed by atoms with E-state index in [9.17, 15) is 24.9 Å². The summed E-state index contributed by atoms with van der Waals surface area (Å²) >= 11 is 0. The molecule has 230 valence electrons. The summed E-state index contributed by atoms with van der Waals surface area (Å²) in [5.74, 6) is -0.663. The Kier molecular flexibility index (Phi) is 7.62. The monoisotopic (exact) mass is 576 g/mol. The van der Waals surface area contributed by atoms with E-state index in [0.29, 0.717) is 24.7 Å². The average Bonchev–Trinajstić information content (AvgIpc) is 3.42. The summed E-state index contributed by atoms with van der Waals surface area (Å²) in [7, 11) is 1.62. The van der Waals surface area contributed by atoms with Crippen LogP contribution in [0, 0.1) is 40.4 Å².